The van der Waals surface area contributed by atoms with Crippen molar-refractivity contribution in [2.24, 2.45) is 5.92 Å². The third kappa shape index (κ3) is 3.49. The number of anilines is 1. The lowest BCUT2D eigenvalue weighted by atomic mass is 10.1. The molecule has 1 aliphatic rings. The van der Waals surface area contributed by atoms with Crippen molar-refractivity contribution in [2.75, 3.05) is 26.5 Å². The van der Waals surface area contributed by atoms with Gasteiger partial charge in [0.05, 0.1) is 7.11 Å². The van der Waals surface area contributed by atoms with Crippen LogP contribution in [0.4, 0.5) is 5.69 Å². The zero-order chi connectivity index (χ0) is 15.6. The molecule has 21 heavy (non-hydrogen) atoms. The number of hydrogen-bond donors (Lipinski definition) is 1. The lowest BCUT2D eigenvalue weighted by Crippen LogP contribution is -2.23. The van der Waals surface area contributed by atoms with Crippen LogP contribution in [0, 0.1) is 5.92 Å². The fraction of sp³-hybridized carbons (Fsp3) is 0.600. The molecular formula is C15H24N2O3S. The number of benzene rings is 1. The summed E-state index contributed by atoms with van der Waals surface area (Å²) in [6, 6.07) is 5.64. The molecule has 1 aliphatic carbocycles. The predicted molar refractivity (Wildman–Crippen MR) is 84.3 cm³/mol. The van der Waals surface area contributed by atoms with Crippen molar-refractivity contribution in [3.8, 4) is 5.75 Å². The van der Waals surface area contributed by atoms with Gasteiger partial charge in [-0.2, -0.15) is 0 Å². The molecule has 1 saturated carbocycles. The summed E-state index contributed by atoms with van der Waals surface area (Å²) in [7, 11) is 1.03. The van der Waals surface area contributed by atoms with E-state index in [9.17, 15) is 8.42 Å². The van der Waals surface area contributed by atoms with E-state index in [2.05, 4.69) is 12.2 Å². The van der Waals surface area contributed by atoms with Crippen molar-refractivity contribution >= 4 is 15.7 Å². The minimum Gasteiger partial charge on any atom is -0.495 e. The fourth-order valence-corrected chi connectivity index (χ4v) is 3.77. The van der Waals surface area contributed by atoms with E-state index in [-0.39, 0.29) is 4.90 Å². The number of rotatable bonds is 5. The average molecular weight is 312 g/mol. The zero-order valence-corrected chi connectivity index (χ0v) is 13.9. The smallest absolute Gasteiger partial charge is 0.246 e. The molecule has 118 valence electrons. The van der Waals surface area contributed by atoms with Crippen LogP contribution >= 0.6 is 0 Å². The van der Waals surface area contributed by atoms with Crippen molar-refractivity contribution in [3.63, 3.8) is 0 Å². The van der Waals surface area contributed by atoms with Gasteiger partial charge in [0.2, 0.25) is 10.0 Å². The van der Waals surface area contributed by atoms with Gasteiger partial charge in [0.1, 0.15) is 10.6 Å². The Kier molecular flexibility index (Phi) is 4.78. The average Bonchev–Trinajstić information content (AvgIpc) is 2.83. The first-order chi connectivity index (χ1) is 9.84. The van der Waals surface area contributed by atoms with E-state index < -0.39 is 10.0 Å². The third-order valence-electron chi connectivity index (χ3n) is 3.99. The van der Waals surface area contributed by atoms with Crippen molar-refractivity contribution in [2.45, 2.75) is 37.1 Å². The van der Waals surface area contributed by atoms with E-state index in [1.165, 1.54) is 31.9 Å². The standard InChI is InChI=1S/C15H24N2O3S/c1-11-5-6-12(9-11)16-13-7-8-15(14(10-13)20-4)21(18,19)17(2)3/h7-8,10-12,16H,5-6,9H2,1-4H3/t11-,12-/m1/s1. The lowest BCUT2D eigenvalue weighted by Gasteiger charge is -2.18. The molecule has 0 amide bonds. The van der Waals surface area contributed by atoms with E-state index in [1.54, 1.807) is 12.1 Å². The van der Waals surface area contributed by atoms with Crippen LogP contribution in [0.2, 0.25) is 0 Å². The molecule has 6 heteroatoms. The topological polar surface area (TPSA) is 58.6 Å². The number of ether oxygens (including phenoxy) is 1. The summed E-state index contributed by atoms with van der Waals surface area (Å²) < 4.78 is 30.9. The van der Waals surface area contributed by atoms with Crippen LogP contribution in [0.25, 0.3) is 0 Å². The number of nitrogens with zero attached hydrogens (tertiary/aromatic N) is 1. The van der Waals surface area contributed by atoms with Gasteiger partial charge in [-0.1, -0.05) is 6.92 Å². The second kappa shape index (κ2) is 6.23. The van der Waals surface area contributed by atoms with Crippen molar-refractivity contribution in [3.05, 3.63) is 18.2 Å². The summed E-state index contributed by atoms with van der Waals surface area (Å²) in [5, 5.41) is 3.47. The van der Waals surface area contributed by atoms with Gasteiger partial charge in [-0.3, -0.25) is 0 Å². The van der Waals surface area contributed by atoms with Gasteiger partial charge in [-0.05, 0) is 37.3 Å². The maximum absolute atomic E-state index is 12.2. The lowest BCUT2D eigenvalue weighted by molar-refractivity contribution is 0.400. The Morgan fingerprint density at radius 3 is 2.52 bits per heavy atom. The normalized spacial score (nSPS) is 22.5. The predicted octanol–water partition coefficient (Wildman–Crippen LogP) is 2.55. The molecule has 1 aromatic carbocycles. The van der Waals surface area contributed by atoms with Crippen LogP contribution in [0.5, 0.6) is 5.75 Å². The Balaban J connectivity index is 2.24. The quantitative estimate of drug-likeness (QED) is 0.908. The van der Waals surface area contributed by atoms with Gasteiger partial charge in [0.15, 0.2) is 0 Å². The molecule has 1 fully saturated rings. The van der Waals surface area contributed by atoms with E-state index in [0.717, 1.165) is 24.4 Å². The number of methoxy groups -OCH3 is 1. The van der Waals surface area contributed by atoms with Crippen molar-refractivity contribution in [1.82, 2.24) is 4.31 Å². The molecular weight excluding hydrogens is 288 g/mol. The highest BCUT2D eigenvalue weighted by molar-refractivity contribution is 7.89. The van der Waals surface area contributed by atoms with Gasteiger partial charge in [0, 0.05) is 31.9 Å². The van der Waals surface area contributed by atoms with E-state index >= 15 is 0 Å². The Morgan fingerprint density at radius 1 is 1.29 bits per heavy atom. The maximum Gasteiger partial charge on any atom is 0.246 e. The highest BCUT2D eigenvalue weighted by Gasteiger charge is 2.24. The molecule has 0 saturated heterocycles. The Labute approximate surface area is 127 Å². The second-order valence-corrected chi connectivity index (χ2v) is 8.03. The molecule has 5 nitrogen and oxygen atoms in total. The summed E-state index contributed by atoms with van der Waals surface area (Å²) in [5.41, 5.74) is 0.906. The minimum absolute atomic E-state index is 0.195. The molecule has 0 aliphatic heterocycles. The van der Waals surface area contributed by atoms with E-state index in [0.29, 0.717) is 11.8 Å². The largest absolute Gasteiger partial charge is 0.495 e. The minimum atomic E-state index is -3.49. The second-order valence-electron chi connectivity index (χ2n) is 5.91. The van der Waals surface area contributed by atoms with Gasteiger partial charge in [-0.15, -0.1) is 0 Å². The molecule has 0 unspecified atom stereocenters. The van der Waals surface area contributed by atoms with Crippen LogP contribution in [-0.4, -0.2) is 40.0 Å². The highest BCUT2D eigenvalue weighted by atomic mass is 32.2. The molecule has 1 aromatic rings. The fourth-order valence-electron chi connectivity index (χ4n) is 2.74. The first kappa shape index (κ1) is 16.1. The summed E-state index contributed by atoms with van der Waals surface area (Å²) in [4.78, 5) is 0.195. The van der Waals surface area contributed by atoms with Gasteiger partial charge in [-0.25, -0.2) is 12.7 Å². The van der Waals surface area contributed by atoms with Crippen molar-refractivity contribution < 1.29 is 13.2 Å². The summed E-state index contributed by atoms with van der Waals surface area (Å²) in [6.45, 7) is 2.26. The van der Waals surface area contributed by atoms with Crippen LogP contribution in [0.1, 0.15) is 26.2 Å². The number of nitrogens with one attached hydrogen (secondary N) is 1. The highest BCUT2D eigenvalue weighted by Crippen LogP contribution is 2.32. The first-order valence-corrected chi connectivity index (χ1v) is 8.65. The maximum atomic E-state index is 12.2. The Bertz CT molecular complexity index is 599. The van der Waals surface area contributed by atoms with Crippen LogP contribution in [-0.2, 0) is 10.0 Å². The summed E-state index contributed by atoms with van der Waals surface area (Å²) in [6.07, 6.45) is 3.54. The van der Waals surface area contributed by atoms with Crippen molar-refractivity contribution in [1.29, 1.82) is 0 Å². The monoisotopic (exact) mass is 312 g/mol. The van der Waals surface area contributed by atoms with E-state index in [1.807, 2.05) is 6.07 Å². The molecule has 0 spiro atoms. The third-order valence-corrected chi connectivity index (χ3v) is 5.84. The van der Waals surface area contributed by atoms with E-state index in [4.69, 9.17) is 4.74 Å². The molecule has 0 heterocycles. The van der Waals surface area contributed by atoms with Gasteiger partial charge >= 0.3 is 0 Å². The number of hydrogen-bond acceptors (Lipinski definition) is 4. The Hall–Kier alpha value is -1.27. The molecule has 1 N–H and O–H groups in total. The summed E-state index contributed by atoms with van der Waals surface area (Å²) >= 11 is 0. The molecule has 0 radical (unpaired) electrons. The van der Waals surface area contributed by atoms with Crippen LogP contribution in [0.15, 0.2) is 23.1 Å². The van der Waals surface area contributed by atoms with Crippen LogP contribution < -0.4 is 10.1 Å². The van der Waals surface area contributed by atoms with Gasteiger partial charge < -0.3 is 10.1 Å². The zero-order valence-electron chi connectivity index (χ0n) is 13.1. The molecule has 2 atom stereocenters. The Morgan fingerprint density at radius 2 is 2.00 bits per heavy atom. The van der Waals surface area contributed by atoms with Gasteiger partial charge in [0.25, 0.3) is 0 Å². The molecule has 2 rings (SSSR count). The molecule has 0 aromatic heterocycles. The van der Waals surface area contributed by atoms with Crippen LogP contribution in [0.3, 0.4) is 0 Å². The molecule has 0 bridgehead atoms. The SMILES string of the molecule is COc1cc(N[C@@H]2CC[C@@H](C)C2)ccc1S(=O)(=O)N(C)C. The number of sulfonamides is 1. The summed E-state index contributed by atoms with van der Waals surface area (Å²) in [5.74, 6) is 1.12. The first-order valence-electron chi connectivity index (χ1n) is 7.21.